The third-order valence-corrected chi connectivity index (χ3v) is 4.35. The number of ether oxygens (including phenoxy) is 1. The minimum atomic E-state index is -0.256. The number of amides is 1. The fourth-order valence-corrected chi connectivity index (χ4v) is 2.90. The number of hydrogen-bond acceptors (Lipinski definition) is 5. The van der Waals surface area contributed by atoms with Crippen LogP contribution in [0.4, 0.5) is 0 Å². The summed E-state index contributed by atoms with van der Waals surface area (Å²) in [6.07, 6.45) is 3.63. The van der Waals surface area contributed by atoms with E-state index in [1.54, 1.807) is 7.11 Å². The van der Waals surface area contributed by atoms with Crippen molar-refractivity contribution in [2.75, 3.05) is 26.8 Å². The van der Waals surface area contributed by atoms with E-state index >= 15 is 0 Å². The number of likely N-dealkylation sites (tertiary alicyclic amines) is 1. The van der Waals surface area contributed by atoms with Gasteiger partial charge in [0.15, 0.2) is 12.4 Å². The zero-order chi connectivity index (χ0) is 18.1. The summed E-state index contributed by atoms with van der Waals surface area (Å²) in [5.74, 6) is 0.877. The van der Waals surface area contributed by atoms with Gasteiger partial charge in [0, 0.05) is 18.2 Å². The van der Waals surface area contributed by atoms with Crippen LogP contribution in [0.1, 0.15) is 31.7 Å². The Balaban J connectivity index is 1.70. The molecule has 1 aliphatic rings. The second-order valence-corrected chi connectivity index (χ2v) is 6.26. The first-order valence-electron chi connectivity index (χ1n) is 8.67. The number of methoxy groups -OCH3 is 1. The highest BCUT2D eigenvalue weighted by Gasteiger charge is 2.18. The van der Waals surface area contributed by atoms with Gasteiger partial charge in [-0.2, -0.15) is 0 Å². The van der Waals surface area contributed by atoms with Crippen LogP contribution in [-0.4, -0.2) is 49.5 Å². The van der Waals surface area contributed by atoms with Crippen LogP contribution in [0.15, 0.2) is 29.4 Å². The molecular formula is C18H28N4O3. The molecule has 138 valence electrons. The molecule has 0 bridgehead atoms. The van der Waals surface area contributed by atoms with Crippen molar-refractivity contribution in [3.8, 4) is 5.75 Å². The Bertz CT molecular complexity index is 591. The SMILES string of the molecule is COc1ccccc1CNC(=O)CO/N=C(\N)CN1CCCC[C@H]1C. The molecule has 25 heavy (non-hydrogen) atoms. The average molecular weight is 348 g/mol. The van der Waals surface area contributed by atoms with Crippen LogP contribution in [0.5, 0.6) is 5.75 Å². The summed E-state index contributed by atoms with van der Waals surface area (Å²) in [6.45, 7) is 4.00. The number of oxime groups is 1. The highest BCUT2D eigenvalue weighted by molar-refractivity contribution is 5.82. The highest BCUT2D eigenvalue weighted by atomic mass is 16.6. The number of para-hydroxylation sites is 1. The van der Waals surface area contributed by atoms with Gasteiger partial charge in [-0.05, 0) is 32.4 Å². The smallest absolute Gasteiger partial charge is 0.261 e. The molecule has 0 saturated carbocycles. The zero-order valence-corrected chi connectivity index (χ0v) is 15.0. The van der Waals surface area contributed by atoms with E-state index in [4.69, 9.17) is 15.3 Å². The van der Waals surface area contributed by atoms with Crippen molar-refractivity contribution in [3.05, 3.63) is 29.8 Å². The molecule has 3 N–H and O–H groups in total. The quantitative estimate of drug-likeness (QED) is 0.422. The molecule has 7 heteroatoms. The van der Waals surface area contributed by atoms with Crippen LogP contribution in [0.25, 0.3) is 0 Å². The minimum absolute atomic E-state index is 0.161. The Morgan fingerprint density at radius 2 is 2.20 bits per heavy atom. The first-order valence-corrected chi connectivity index (χ1v) is 8.67. The number of amidine groups is 1. The van der Waals surface area contributed by atoms with Gasteiger partial charge >= 0.3 is 0 Å². The molecule has 1 atom stereocenters. The molecule has 2 rings (SSSR count). The van der Waals surface area contributed by atoms with Gasteiger partial charge in [0.05, 0.1) is 13.7 Å². The first-order chi connectivity index (χ1) is 12.1. The molecule has 1 heterocycles. The van der Waals surface area contributed by atoms with Gasteiger partial charge in [-0.1, -0.05) is 29.8 Å². The number of hydrogen-bond donors (Lipinski definition) is 2. The van der Waals surface area contributed by atoms with E-state index < -0.39 is 0 Å². The monoisotopic (exact) mass is 348 g/mol. The molecule has 1 saturated heterocycles. The van der Waals surface area contributed by atoms with Crippen molar-refractivity contribution < 1.29 is 14.4 Å². The lowest BCUT2D eigenvalue weighted by Crippen LogP contribution is -2.43. The average Bonchev–Trinajstić information content (AvgIpc) is 2.62. The maximum absolute atomic E-state index is 11.8. The van der Waals surface area contributed by atoms with E-state index in [0.717, 1.165) is 17.9 Å². The van der Waals surface area contributed by atoms with Gasteiger partial charge in [0.1, 0.15) is 5.75 Å². The molecule has 0 aliphatic carbocycles. The Morgan fingerprint density at radius 3 is 2.96 bits per heavy atom. The predicted molar refractivity (Wildman–Crippen MR) is 97.3 cm³/mol. The second kappa shape index (κ2) is 9.88. The molecule has 7 nitrogen and oxygen atoms in total. The number of nitrogens with one attached hydrogen (secondary N) is 1. The Morgan fingerprint density at radius 1 is 1.40 bits per heavy atom. The predicted octanol–water partition coefficient (Wildman–Crippen LogP) is 1.47. The fourth-order valence-electron chi connectivity index (χ4n) is 2.90. The summed E-state index contributed by atoms with van der Waals surface area (Å²) < 4.78 is 5.25. The number of benzene rings is 1. The number of nitrogens with two attached hydrogens (primary N) is 1. The van der Waals surface area contributed by atoms with Crippen molar-refractivity contribution in [1.29, 1.82) is 0 Å². The van der Waals surface area contributed by atoms with E-state index in [9.17, 15) is 4.79 Å². The molecule has 0 unspecified atom stereocenters. The van der Waals surface area contributed by atoms with Crippen LogP contribution < -0.4 is 15.8 Å². The third-order valence-electron chi connectivity index (χ3n) is 4.35. The Kier molecular flexibility index (Phi) is 7.53. The molecule has 1 amide bonds. The van der Waals surface area contributed by atoms with Crippen molar-refractivity contribution in [1.82, 2.24) is 10.2 Å². The van der Waals surface area contributed by atoms with Crippen molar-refractivity contribution in [2.45, 2.75) is 38.8 Å². The normalized spacial score (nSPS) is 18.6. The Labute approximate surface area is 149 Å². The molecule has 1 aromatic rings. The van der Waals surface area contributed by atoms with Crippen LogP contribution in [0, 0.1) is 0 Å². The van der Waals surface area contributed by atoms with Gasteiger partial charge in [-0.15, -0.1) is 0 Å². The van der Waals surface area contributed by atoms with Crippen LogP contribution in [0.2, 0.25) is 0 Å². The summed E-state index contributed by atoms with van der Waals surface area (Å²) >= 11 is 0. The van der Waals surface area contributed by atoms with Crippen molar-refractivity contribution >= 4 is 11.7 Å². The third kappa shape index (κ3) is 6.26. The van der Waals surface area contributed by atoms with Crippen LogP contribution >= 0.6 is 0 Å². The number of rotatable bonds is 8. The number of nitrogens with zero attached hydrogens (tertiary/aromatic N) is 2. The lowest BCUT2D eigenvalue weighted by Gasteiger charge is -2.32. The summed E-state index contributed by atoms with van der Waals surface area (Å²) in [5, 5.41) is 6.62. The maximum Gasteiger partial charge on any atom is 0.261 e. The van der Waals surface area contributed by atoms with Gasteiger partial charge < -0.3 is 20.6 Å². The molecule has 1 aromatic carbocycles. The number of piperidine rings is 1. The summed E-state index contributed by atoms with van der Waals surface area (Å²) in [4.78, 5) is 19.2. The van der Waals surface area contributed by atoms with Gasteiger partial charge in [0.25, 0.3) is 5.91 Å². The number of carbonyl (C=O) groups is 1. The van der Waals surface area contributed by atoms with Gasteiger partial charge in [-0.3, -0.25) is 9.69 Å². The zero-order valence-electron chi connectivity index (χ0n) is 15.0. The Hall–Kier alpha value is -2.28. The molecule has 0 aromatic heterocycles. The molecule has 1 aliphatic heterocycles. The largest absolute Gasteiger partial charge is 0.496 e. The van der Waals surface area contributed by atoms with E-state index in [1.807, 2.05) is 24.3 Å². The summed E-state index contributed by atoms with van der Waals surface area (Å²) in [5.41, 5.74) is 6.79. The fraction of sp³-hybridized carbons (Fsp3) is 0.556. The molecular weight excluding hydrogens is 320 g/mol. The van der Waals surface area contributed by atoms with Gasteiger partial charge in [0.2, 0.25) is 0 Å². The van der Waals surface area contributed by atoms with Crippen LogP contribution in [0.3, 0.4) is 0 Å². The standard InChI is InChI=1S/C18H28N4O3/c1-14-7-5-6-10-22(14)12-17(19)21-25-13-18(23)20-11-15-8-3-4-9-16(15)24-2/h3-4,8-9,14H,5-7,10-13H2,1-2H3,(H2,19,21)(H,20,23)/t14-/m1/s1. The second-order valence-electron chi connectivity index (χ2n) is 6.26. The lowest BCUT2D eigenvalue weighted by atomic mass is 10.0. The molecule has 1 fully saturated rings. The van der Waals surface area contributed by atoms with E-state index in [2.05, 4.69) is 22.3 Å². The van der Waals surface area contributed by atoms with E-state index in [1.165, 1.54) is 19.3 Å². The minimum Gasteiger partial charge on any atom is -0.496 e. The molecule has 0 spiro atoms. The van der Waals surface area contributed by atoms with Crippen LogP contribution in [-0.2, 0) is 16.2 Å². The van der Waals surface area contributed by atoms with Crippen molar-refractivity contribution in [2.24, 2.45) is 10.9 Å². The van der Waals surface area contributed by atoms with Gasteiger partial charge in [-0.25, -0.2) is 0 Å². The highest BCUT2D eigenvalue weighted by Crippen LogP contribution is 2.17. The number of carbonyl (C=O) groups excluding carboxylic acids is 1. The van der Waals surface area contributed by atoms with E-state index in [0.29, 0.717) is 25.0 Å². The maximum atomic E-state index is 11.8. The summed E-state index contributed by atoms with van der Waals surface area (Å²) in [6, 6.07) is 8.04. The van der Waals surface area contributed by atoms with E-state index in [-0.39, 0.29) is 12.5 Å². The molecule has 0 radical (unpaired) electrons. The van der Waals surface area contributed by atoms with Crippen molar-refractivity contribution in [3.63, 3.8) is 0 Å². The first kappa shape index (κ1) is 19.1. The lowest BCUT2D eigenvalue weighted by molar-refractivity contribution is -0.125. The summed E-state index contributed by atoms with van der Waals surface area (Å²) in [7, 11) is 1.60. The topological polar surface area (TPSA) is 89.2 Å².